The number of nitrogens with zero attached hydrogens (tertiary/aromatic N) is 1. The van der Waals surface area contributed by atoms with Crippen molar-refractivity contribution in [1.82, 2.24) is 4.98 Å². The van der Waals surface area contributed by atoms with Crippen molar-refractivity contribution >= 4 is 50.6 Å². The quantitative estimate of drug-likeness (QED) is 0.802. The highest BCUT2D eigenvalue weighted by atomic mass is 79.9. The molecule has 1 amide bonds. The van der Waals surface area contributed by atoms with E-state index in [2.05, 4.69) is 26.2 Å². The molecule has 0 aliphatic rings. The smallest absolute Gasteiger partial charge is 0.237 e. The third-order valence-electron chi connectivity index (χ3n) is 2.43. The standard InChI is InChI=1S/C13H12BrFN2OS2/c1-7-6-19-13(16-7)20-8(2)12(18)17-11-4-3-9(14)5-10(11)15/h3-6,8H,1-2H3,(H,17,18)/t8-/m0/s1. The van der Waals surface area contributed by atoms with E-state index in [1.54, 1.807) is 13.0 Å². The van der Waals surface area contributed by atoms with Crippen molar-refractivity contribution < 1.29 is 9.18 Å². The fraction of sp³-hybridized carbons (Fsp3) is 0.231. The van der Waals surface area contributed by atoms with Gasteiger partial charge >= 0.3 is 0 Å². The Morgan fingerprint density at radius 2 is 2.30 bits per heavy atom. The van der Waals surface area contributed by atoms with Gasteiger partial charge in [0.1, 0.15) is 5.82 Å². The molecule has 106 valence electrons. The molecule has 3 nitrogen and oxygen atoms in total. The summed E-state index contributed by atoms with van der Waals surface area (Å²) in [7, 11) is 0. The normalized spacial score (nSPS) is 12.2. The van der Waals surface area contributed by atoms with E-state index in [0.717, 1.165) is 10.0 Å². The highest BCUT2D eigenvalue weighted by Gasteiger charge is 2.17. The van der Waals surface area contributed by atoms with Crippen LogP contribution in [0.15, 0.2) is 32.4 Å². The van der Waals surface area contributed by atoms with Crippen LogP contribution in [-0.2, 0) is 4.79 Å². The molecule has 0 spiro atoms. The van der Waals surface area contributed by atoms with Crippen molar-refractivity contribution in [2.24, 2.45) is 0 Å². The highest BCUT2D eigenvalue weighted by Crippen LogP contribution is 2.27. The number of aryl methyl sites for hydroxylation is 1. The Labute approximate surface area is 133 Å². The topological polar surface area (TPSA) is 42.0 Å². The molecule has 0 fully saturated rings. The molecule has 0 bridgehead atoms. The second-order valence-electron chi connectivity index (χ2n) is 4.13. The average Bonchev–Trinajstić information content (AvgIpc) is 2.78. The second-order valence-corrected chi connectivity index (χ2v) is 7.49. The molecule has 0 saturated carbocycles. The van der Waals surface area contributed by atoms with Gasteiger partial charge in [0, 0.05) is 15.5 Å². The monoisotopic (exact) mass is 374 g/mol. The first-order valence-corrected chi connectivity index (χ1v) is 8.35. The van der Waals surface area contributed by atoms with Crippen molar-refractivity contribution in [3.05, 3.63) is 39.6 Å². The first-order chi connectivity index (χ1) is 9.45. The van der Waals surface area contributed by atoms with Crippen molar-refractivity contribution in [3.8, 4) is 0 Å². The van der Waals surface area contributed by atoms with Crippen LogP contribution in [0.5, 0.6) is 0 Å². The van der Waals surface area contributed by atoms with E-state index in [9.17, 15) is 9.18 Å². The predicted octanol–water partition coefficient (Wildman–Crippen LogP) is 4.47. The van der Waals surface area contributed by atoms with Gasteiger partial charge in [0.25, 0.3) is 0 Å². The molecule has 1 aromatic carbocycles. The number of benzene rings is 1. The number of halogens is 2. The molecule has 1 aromatic heterocycles. The number of amides is 1. The number of rotatable bonds is 4. The van der Waals surface area contributed by atoms with E-state index in [0.29, 0.717) is 4.47 Å². The molecule has 1 atom stereocenters. The maximum atomic E-state index is 13.6. The fourth-order valence-corrected chi connectivity index (χ4v) is 3.74. The number of hydrogen-bond donors (Lipinski definition) is 1. The molecule has 7 heteroatoms. The molecule has 1 heterocycles. The number of thiazole rings is 1. The average molecular weight is 375 g/mol. The third kappa shape index (κ3) is 4.04. The second kappa shape index (κ2) is 6.69. The minimum atomic E-state index is -0.463. The summed E-state index contributed by atoms with van der Waals surface area (Å²) in [5.74, 6) is -0.709. The number of carbonyl (C=O) groups excluding carboxylic acids is 1. The number of anilines is 1. The van der Waals surface area contributed by atoms with Gasteiger partial charge in [0.05, 0.1) is 10.9 Å². The lowest BCUT2D eigenvalue weighted by molar-refractivity contribution is -0.115. The molecule has 2 aromatic rings. The van der Waals surface area contributed by atoms with E-state index in [4.69, 9.17) is 0 Å². The van der Waals surface area contributed by atoms with Crippen LogP contribution in [0, 0.1) is 12.7 Å². The number of carbonyl (C=O) groups is 1. The molecule has 0 aliphatic carbocycles. The lowest BCUT2D eigenvalue weighted by atomic mass is 10.3. The van der Waals surface area contributed by atoms with Crippen LogP contribution in [-0.4, -0.2) is 16.1 Å². The summed E-state index contributed by atoms with van der Waals surface area (Å²) in [4.78, 5) is 16.3. The van der Waals surface area contributed by atoms with Crippen LogP contribution in [0.3, 0.4) is 0 Å². The first kappa shape index (κ1) is 15.5. The maximum Gasteiger partial charge on any atom is 0.237 e. The number of hydrogen-bond acceptors (Lipinski definition) is 4. The zero-order valence-corrected chi connectivity index (χ0v) is 14.0. The van der Waals surface area contributed by atoms with E-state index >= 15 is 0 Å². The lowest BCUT2D eigenvalue weighted by Gasteiger charge is -2.11. The first-order valence-electron chi connectivity index (χ1n) is 5.80. The number of nitrogens with one attached hydrogen (secondary N) is 1. The molecule has 2 rings (SSSR count). The van der Waals surface area contributed by atoms with Gasteiger partial charge in [-0.1, -0.05) is 27.7 Å². The van der Waals surface area contributed by atoms with Crippen LogP contribution < -0.4 is 5.32 Å². The van der Waals surface area contributed by atoms with Crippen molar-refractivity contribution in [1.29, 1.82) is 0 Å². The van der Waals surface area contributed by atoms with Crippen LogP contribution in [0.1, 0.15) is 12.6 Å². The van der Waals surface area contributed by atoms with Gasteiger partial charge in [-0.05, 0) is 32.0 Å². The molecule has 20 heavy (non-hydrogen) atoms. The van der Waals surface area contributed by atoms with E-state index in [-0.39, 0.29) is 16.8 Å². The Morgan fingerprint density at radius 1 is 1.55 bits per heavy atom. The zero-order chi connectivity index (χ0) is 14.7. The van der Waals surface area contributed by atoms with Crippen molar-refractivity contribution in [2.45, 2.75) is 23.4 Å². The molecular formula is C13H12BrFN2OS2. The fourth-order valence-electron chi connectivity index (χ4n) is 1.42. The maximum absolute atomic E-state index is 13.6. The van der Waals surface area contributed by atoms with Crippen LogP contribution in [0.25, 0.3) is 0 Å². The van der Waals surface area contributed by atoms with Gasteiger partial charge in [0.15, 0.2) is 4.34 Å². The Bertz CT molecular complexity index is 633. The number of aromatic nitrogens is 1. The molecule has 0 unspecified atom stereocenters. The van der Waals surface area contributed by atoms with Gasteiger partial charge < -0.3 is 5.32 Å². The summed E-state index contributed by atoms with van der Waals surface area (Å²) in [6.07, 6.45) is 0. The van der Waals surface area contributed by atoms with Crippen molar-refractivity contribution in [3.63, 3.8) is 0 Å². The van der Waals surface area contributed by atoms with E-state index in [1.807, 2.05) is 12.3 Å². The molecule has 0 aliphatic heterocycles. The summed E-state index contributed by atoms with van der Waals surface area (Å²) in [6, 6.07) is 4.53. The molecular weight excluding hydrogens is 363 g/mol. The Kier molecular flexibility index (Phi) is 5.17. The van der Waals surface area contributed by atoms with Gasteiger partial charge in [-0.3, -0.25) is 4.79 Å². The SMILES string of the molecule is Cc1csc(S[C@@H](C)C(=O)Nc2ccc(Br)cc2F)n1. The minimum absolute atomic E-state index is 0.181. The molecule has 0 radical (unpaired) electrons. The Hall–Kier alpha value is -0.920. The summed E-state index contributed by atoms with van der Waals surface area (Å²) < 4.78 is 15.1. The predicted molar refractivity (Wildman–Crippen MR) is 84.9 cm³/mol. The number of thioether (sulfide) groups is 1. The molecule has 0 saturated heterocycles. The highest BCUT2D eigenvalue weighted by molar-refractivity contribution is 9.10. The zero-order valence-electron chi connectivity index (χ0n) is 10.8. The minimum Gasteiger partial charge on any atom is -0.323 e. The van der Waals surface area contributed by atoms with Gasteiger partial charge in [-0.15, -0.1) is 11.3 Å². The molecule has 1 N–H and O–H groups in total. The Morgan fingerprint density at radius 3 is 2.90 bits per heavy atom. The van der Waals surface area contributed by atoms with Gasteiger partial charge in [0.2, 0.25) is 5.91 Å². The summed E-state index contributed by atoms with van der Waals surface area (Å²) in [6.45, 7) is 3.68. The van der Waals surface area contributed by atoms with Crippen LogP contribution in [0.2, 0.25) is 0 Å². The van der Waals surface area contributed by atoms with E-state index in [1.165, 1.54) is 35.2 Å². The van der Waals surface area contributed by atoms with Crippen LogP contribution >= 0.6 is 39.0 Å². The van der Waals surface area contributed by atoms with Gasteiger partial charge in [-0.25, -0.2) is 9.37 Å². The lowest BCUT2D eigenvalue weighted by Crippen LogP contribution is -2.22. The summed E-state index contributed by atoms with van der Waals surface area (Å²) in [5.41, 5.74) is 1.12. The van der Waals surface area contributed by atoms with Crippen molar-refractivity contribution in [2.75, 3.05) is 5.32 Å². The summed E-state index contributed by atoms with van der Waals surface area (Å²) >= 11 is 6.04. The van der Waals surface area contributed by atoms with E-state index < -0.39 is 5.82 Å². The third-order valence-corrected chi connectivity index (χ3v) is 5.12. The van der Waals surface area contributed by atoms with Crippen LogP contribution in [0.4, 0.5) is 10.1 Å². The summed E-state index contributed by atoms with van der Waals surface area (Å²) in [5, 5.41) is 4.17. The largest absolute Gasteiger partial charge is 0.323 e. The van der Waals surface area contributed by atoms with Gasteiger partial charge in [-0.2, -0.15) is 0 Å². The Balaban J connectivity index is 2.00.